The lowest BCUT2D eigenvalue weighted by molar-refractivity contribution is -0.129. The van der Waals surface area contributed by atoms with E-state index in [-0.39, 0.29) is 17.9 Å². The van der Waals surface area contributed by atoms with Crippen LogP contribution in [0, 0.1) is 0 Å². The summed E-state index contributed by atoms with van der Waals surface area (Å²) in [4.78, 5) is 27.6. The van der Waals surface area contributed by atoms with E-state index in [0.29, 0.717) is 0 Å². The Labute approximate surface area is 123 Å². The number of fused-ring (bicyclic) bond motifs is 1. The van der Waals surface area contributed by atoms with Crippen molar-refractivity contribution in [2.45, 2.75) is 45.1 Å². The highest BCUT2D eigenvalue weighted by Gasteiger charge is 2.24. The smallest absolute Gasteiger partial charge is 0.261 e. The number of rotatable bonds is 2. The Morgan fingerprint density at radius 1 is 1.30 bits per heavy atom. The second kappa shape index (κ2) is 5.56. The molecule has 0 radical (unpaired) electrons. The quantitative estimate of drug-likeness (QED) is 0.906. The number of aryl methyl sites for hydroxylation is 2. The molecule has 1 aromatic rings. The van der Waals surface area contributed by atoms with Crippen molar-refractivity contribution in [3.05, 3.63) is 21.4 Å². The molecule has 0 aromatic carbocycles. The van der Waals surface area contributed by atoms with Crippen LogP contribution in [0.1, 0.15) is 46.3 Å². The first-order chi connectivity index (χ1) is 9.63. The summed E-state index contributed by atoms with van der Waals surface area (Å²) in [6, 6.07) is 2.27. The number of thiophene rings is 1. The van der Waals surface area contributed by atoms with Gasteiger partial charge in [-0.2, -0.15) is 0 Å². The van der Waals surface area contributed by atoms with Crippen LogP contribution in [0.4, 0.5) is 0 Å². The number of amides is 2. The van der Waals surface area contributed by atoms with Crippen molar-refractivity contribution in [1.29, 1.82) is 0 Å². The number of piperidine rings is 1. The summed E-state index contributed by atoms with van der Waals surface area (Å²) in [5, 5.41) is 3.12. The minimum atomic E-state index is 0.0608. The summed E-state index contributed by atoms with van der Waals surface area (Å²) >= 11 is 1.65. The van der Waals surface area contributed by atoms with E-state index in [9.17, 15) is 9.59 Å². The van der Waals surface area contributed by atoms with E-state index < -0.39 is 0 Å². The molecule has 1 fully saturated rings. The van der Waals surface area contributed by atoms with Crippen LogP contribution in [-0.4, -0.2) is 35.8 Å². The minimum absolute atomic E-state index is 0.0608. The number of hydrogen-bond acceptors (Lipinski definition) is 3. The molecule has 2 aliphatic rings. The SMILES string of the molecule is CC(=O)N1CCC(NC(=O)c2cc3c(s2)CCC3)CC1. The first-order valence-electron chi connectivity index (χ1n) is 7.31. The van der Waals surface area contributed by atoms with Crippen LogP contribution >= 0.6 is 11.3 Å². The monoisotopic (exact) mass is 292 g/mol. The zero-order chi connectivity index (χ0) is 14.1. The van der Waals surface area contributed by atoms with Gasteiger partial charge < -0.3 is 10.2 Å². The predicted octanol–water partition coefficient (Wildman–Crippen LogP) is 1.98. The highest BCUT2D eigenvalue weighted by atomic mass is 32.1. The first-order valence-corrected chi connectivity index (χ1v) is 8.13. The van der Waals surface area contributed by atoms with E-state index in [4.69, 9.17) is 0 Å². The highest BCUT2D eigenvalue weighted by molar-refractivity contribution is 7.14. The molecule has 0 bridgehead atoms. The maximum Gasteiger partial charge on any atom is 0.261 e. The molecule has 20 heavy (non-hydrogen) atoms. The van der Waals surface area contributed by atoms with Crippen LogP contribution in [0.5, 0.6) is 0 Å². The van der Waals surface area contributed by atoms with Crippen molar-refractivity contribution >= 4 is 23.2 Å². The Bertz CT molecular complexity index is 508. The maximum absolute atomic E-state index is 12.3. The maximum atomic E-state index is 12.3. The zero-order valence-corrected chi connectivity index (χ0v) is 12.6. The third-order valence-corrected chi connectivity index (χ3v) is 5.48. The van der Waals surface area contributed by atoms with Gasteiger partial charge in [-0.25, -0.2) is 0 Å². The van der Waals surface area contributed by atoms with Crippen molar-refractivity contribution < 1.29 is 9.59 Å². The van der Waals surface area contributed by atoms with Crippen molar-refractivity contribution in [1.82, 2.24) is 10.2 Å². The molecule has 0 saturated carbocycles. The summed E-state index contributed by atoms with van der Waals surface area (Å²) in [5.74, 6) is 0.190. The summed E-state index contributed by atoms with van der Waals surface area (Å²) in [6.45, 7) is 3.11. The number of likely N-dealkylation sites (tertiary alicyclic amines) is 1. The first kappa shape index (κ1) is 13.6. The van der Waals surface area contributed by atoms with Gasteiger partial charge in [-0.3, -0.25) is 9.59 Å². The van der Waals surface area contributed by atoms with Gasteiger partial charge in [0.05, 0.1) is 4.88 Å². The fourth-order valence-corrected chi connectivity index (χ4v) is 4.19. The van der Waals surface area contributed by atoms with Gasteiger partial charge in [0.2, 0.25) is 5.91 Å². The molecule has 2 heterocycles. The fraction of sp³-hybridized carbons (Fsp3) is 0.600. The highest BCUT2D eigenvalue weighted by Crippen LogP contribution is 2.30. The Morgan fingerprint density at radius 3 is 2.70 bits per heavy atom. The van der Waals surface area contributed by atoms with Gasteiger partial charge in [-0.1, -0.05) is 0 Å². The molecule has 1 saturated heterocycles. The standard InChI is InChI=1S/C15H20N2O2S/c1-10(18)17-7-5-12(6-8-17)16-15(19)14-9-11-3-2-4-13(11)20-14/h9,12H,2-8H2,1H3,(H,16,19). The van der Waals surface area contributed by atoms with Gasteiger partial charge in [0.15, 0.2) is 0 Å². The lowest BCUT2D eigenvalue weighted by atomic mass is 10.0. The molecule has 0 spiro atoms. The summed E-state index contributed by atoms with van der Waals surface area (Å²) in [7, 11) is 0. The molecular weight excluding hydrogens is 272 g/mol. The second-order valence-corrected chi connectivity index (χ2v) is 6.80. The fourth-order valence-electron chi connectivity index (χ4n) is 3.04. The number of carbonyl (C=O) groups is 2. The molecule has 3 rings (SSSR count). The Hall–Kier alpha value is -1.36. The van der Waals surface area contributed by atoms with E-state index in [1.807, 2.05) is 4.90 Å². The van der Waals surface area contributed by atoms with Gasteiger partial charge in [0, 0.05) is 30.9 Å². The van der Waals surface area contributed by atoms with Crippen LogP contribution in [0.2, 0.25) is 0 Å². The topological polar surface area (TPSA) is 49.4 Å². The number of carbonyl (C=O) groups excluding carboxylic acids is 2. The molecule has 2 amide bonds. The molecule has 1 N–H and O–H groups in total. The van der Waals surface area contributed by atoms with E-state index >= 15 is 0 Å². The van der Waals surface area contributed by atoms with Crippen molar-refractivity contribution in [2.24, 2.45) is 0 Å². The molecule has 0 atom stereocenters. The van der Waals surface area contributed by atoms with Gasteiger partial charge in [-0.15, -0.1) is 11.3 Å². The van der Waals surface area contributed by atoms with E-state index in [0.717, 1.165) is 43.6 Å². The number of nitrogens with one attached hydrogen (secondary N) is 1. The van der Waals surface area contributed by atoms with Crippen LogP contribution in [0.3, 0.4) is 0 Å². The van der Waals surface area contributed by atoms with Crippen LogP contribution in [0.25, 0.3) is 0 Å². The van der Waals surface area contributed by atoms with Gasteiger partial charge in [-0.05, 0) is 43.7 Å². The van der Waals surface area contributed by atoms with Crippen LogP contribution < -0.4 is 5.32 Å². The number of hydrogen-bond donors (Lipinski definition) is 1. The lowest BCUT2D eigenvalue weighted by Gasteiger charge is -2.31. The van der Waals surface area contributed by atoms with E-state index in [2.05, 4.69) is 11.4 Å². The molecule has 1 aliphatic heterocycles. The minimum Gasteiger partial charge on any atom is -0.348 e. The largest absolute Gasteiger partial charge is 0.348 e. The number of nitrogens with zero attached hydrogens (tertiary/aromatic N) is 1. The predicted molar refractivity (Wildman–Crippen MR) is 79.1 cm³/mol. The molecule has 1 aliphatic carbocycles. The van der Waals surface area contributed by atoms with Crippen molar-refractivity contribution in [2.75, 3.05) is 13.1 Å². The second-order valence-electron chi connectivity index (χ2n) is 5.67. The normalized spacial score (nSPS) is 18.9. The van der Waals surface area contributed by atoms with Crippen molar-refractivity contribution in [3.63, 3.8) is 0 Å². The molecule has 0 unspecified atom stereocenters. The third-order valence-electron chi connectivity index (χ3n) is 4.25. The Balaban J connectivity index is 1.55. The third kappa shape index (κ3) is 2.73. The van der Waals surface area contributed by atoms with E-state index in [1.54, 1.807) is 18.3 Å². The van der Waals surface area contributed by atoms with Crippen LogP contribution in [-0.2, 0) is 17.6 Å². The molecule has 5 heteroatoms. The Kier molecular flexibility index (Phi) is 3.78. The average molecular weight is 292 g/mol. The zero-order valence-electron chi connectivity index (χ0n) is 11.8. The molecule has 4 nitrogen and oxygen atoms in total. The lowest BCUT2D eigenvalue weighted by Crippen LogP contribution is -2.45. The summed E-state index contributed by atoms with van der Waals surface area (Å²) < 4.78 is 0. The van der Waals surface area contributed by atoms with E-state index in [1.165, 1.54) is 16.9 Å². The molecule has 108 valence electrons. The van der Waals surface area contributed by atoms with Crippen LogP contribution in [0.15, 0.2) is 6.07 Å². The molecule has 1 aromatic heterocycles. The Morgan fingerprint density at radius 2 is 2.05 bits per heavy atom. The van der Waals surface area contributed by atoms with Gasteiger partial charge in [0.1, 0.15) is 0 Å². The summed E-state index contributed by atoms with van der Waals surface area (Å²) in [5.41, 5.74) is 1.37. The van der Waals surface area contributed by atoms with Gasteiger partial charge in [0.25, 0.3) is 5.91 Å². The molecular formula is C15H20N2O2S. The van der Waals surface area contributed by atoms with Gasteiger partial charge >= 0.3 is 0 Å². The average Bonchev–Trinajstić information content (AvgIpc) is 2.99. The van der Waals surface area contributed by atoms with Crippen molar-refractivity contribution in [3.8, 4) is 0 Å². The summed E-state index contributed by atoms with van der Waals surface area (Å²) in [6.07, 6.45) is 5.19.